The molecule has 2 rings (SSSR count). The summed E-state index contributed by atoms with van der Waals surface area (Å²) in [5.41, 5.74) is 8.16. The molecule has 0 aliphatic heterocycles. The summed E-state index contributed by atoms with van der Waals surface area (Å²) in [5, 5.41) is 0. The minimum absolute atomic E-state index is 0.665. The molecular formula is C15H24N2. The summed E-state index contributed by atoms with van der Waals surface area (Å²) in [6, 6.07) is 8.88. The van der Waals surface area contributed by atoms with Gasteiger partial charge in [-0.15, -0.1) is 0 Å². The third kappa shape index (κ3) is 2.56. The van der Waals surface area contributed by atoms with Crippen molar-refractivity contribution in [3.8, 4) is 0 Å². The Morgan fingerprint density at radius 3 is 2.65 bits per heavy atom. The molecule has 94 valence electrons. The minimum Gasteiger partial charge on any atom is -0.397 e. The Morgan fingerprint density at radius 1 is 1.24 bits per heavy atom. The summed E-state index contributed by atoms with van der Waals surface area (Å²) in [4.78, 5) is 2.41. The molecule has 2 nitrogen and oxygen atoms in total. The van der Waals surface area contributed by atoms with E-state index in [4.69, 9.17) is 5.73 Å². The second-order valence-corrected chi connectivity index (χ2v) is 5.19. The Labute approximate surface area is 105 Å². The number of rotatable bonds is 3. The van der Waals surface area contributed by atoms with Gasteiger partial charge in [0.2, 0.25) is 0 Å². The zero-order valence-electron chi connectivity index (χ0n) is 11.0. The molecule has 1 aromatic rings. The van der Waals surface area contributed by atoms with E-state index in [0.29, 0.717) is 6.04 Å². The highest BCUT2D eigenvalue weighted by molar-refractivity contribution is 5.67. The van der Waals surface area contributed by atoms with E-state index in [1.165, 1.54) is 37.8 Å². The molecule has 0 amide bonds. The molecule has 1 saturated carbocycles. The molecule has 0 radical (unpaired) electrons. The van der Waals surface area contributed by atoms with Crippen LogP contribution in [0.5, 0.6) is 0 Å². The third-order valence-electron chi connectivity index (χ3n) is 4.21. The van der Waals surface area contributed by atoms with Gasteiger partial charge in [0.1, 0.15) is 0 Å². The van der Waals surface area contributed by atoms with Gasteiger partial charge in [0.05, 0.1) is 11.4 Å². The SMILES string of the molecule is CCC1CCCCC1N(C)c1ccccc1N. The molecule has 17 heavy (non-hydrogen) atoms. The van der Waals surface area contributed by atoms with Gasteiger partial charge in [-0.25, -0.2) is 0 Å². The highest BCUT2D eigenvalue weighted by Crippen LogP contribution is 2.34. The Bertz CT molecular complexity index is 362. The lowest BCUT2D eigenvalue weighted by Crippen LogP contribution is -2.40. The van der Waals surface area contributed by atoms with Crippen molar-refractivity contribution in [2.45, 2.75) is 45.1 Å². The number of nitrogens with zero attached hydrogens (tertiary/aromatic N) is 1. The zero-order chi connectivity index (χ0) is 12.3. The topological polar surface area (TPSA) is 29.3 Å². The van der Waals surface area contributed by atoms with Crippen molar-refractivity contribution in [2.24, 2.45) is 5.92 Å². The number of para-hydroxylation sites is 2. The largest absolute Gasteiger partial charge is 0.397 e. The van der Waals surface area contributed by atoms with Crippen LogP contribution in [0.2, 0.25) is 0 Å². The number of hydrogen-bond acceptors (Lipinski definition) is 2. The number of nitrogen functional groups attached to an aromatic ring is 1. The molecule has 0 aromatic heterocycles. The molecular weight excluding hydrogens is 208 g/mol. The van der Waals surface area contributed by atoms with E-state index in [1.54, 1.807) is 0 Å². The highest BCUT2D eigenvalue weighted by Gasteiger charge is 2.27. The number of hydrogen-bond donors (Lipinski definition) is 1. The fourth-order valence-electron chi connectivity index (χ4n) is 3.16. The summed E-state index contributed by atoms with van der Waals surface area (Å²) in [6.07, 6.45) is 6.72. The monoisotopic (exact) mass is 232 g/mol. The van der Waals surface area contributed by atoms with Crippen LogP contribution in [-0.4, -0.2) is 13.1 Å². The van der Waals surface area contributed by atoms with Crippen LogP contribution in [0.25, 0.3) is 0 Å². The molecule has 0 saturated heterocycles. The van der Waals surface area contributed by atoms with Crippen molar-refractivity contribution in [1.82, 2.24) is 0 Å². The molecule has 1 aromatic carbocycles. The van der Waals surface area contributed by atoms with Gasteiger partial charge in [-0.3, -0.25) is 0 Å². The van der Waals surface area contributed by atoms with Gasteiger partial charge >= 0.3 is 0 Å². The Hall–Kier alpha value is -1.18. The fraction of sp³-hybridized carbons (Fsp3) is 0.600. The van der Waals surface area contributed by atoms with Crippen molar-refractivity contribution in [3.63, 3.8) is 0 Å². The summed E-state index contributed by atoms with van der Waals surface area (Å²) < 4.78 is 0. The van der Waals surface area contributed by atoms with Crippen LogP contribution in [0.3, 0.4) is 0 Å². The highest BCUT2D eigenvalue weighted by atomic mass is 15.1. The molecule has 2 unspecified atom stereocenters. The lowest BCUT2D eigenvalue weighted by atomic mass is 9.82. The van der Waals surface area contributed by atoms with E-state index in [2.05, 4.69) is 31.0 Å². The van der Waals surface area contributed by atoms with Gasteiger partial charge in [0.25, 0.3) is 0 Å². The van der Waals surface area contributed by atoms with E-state index >= 15 is 0 Å². The van der Waals surface area contributed by atoms with Crippen molar-refractivity contribution in [3.05, 3.63) is 24.3 Å². The number of anilines is 2. The van der Waals surface area contributed by atoms with E-state index in [-0.39, 0.29) is 0 Å². The average Bonchev–Trinajstić information content (AvgIpc) is 2.38. The molecule has 1 fully saturated rings. The summed E-state index contributed by atoms with van der Waals surface area (Å²) in [7, 11) is 2.20. The van der Waals surface area contributed by atoms with Crippen LogP contribution in [0.4, 0.5) is 11.4 Å². The quantitative estimate of drug-likeness (QED) is 0.806. The standard InChI is InChI=1S/C15H24N2/c1-3-12-8-4-6-10-14(12)17(2)15-11-7-5-9-13(15)16/h5,7,9,11-12,14H,3-4,6,8,10,16H2,1-2H3. The number of nitrogens with two attached hydrogens (primary N) is 1. The van der Waals surface area contributed by atoms with Crippen molar-refractivity contribution in [1.29, 1.82) is 0 Å². The van der Waals surface area contributed by atoms with Crippen molar-refractivity contribution in [2.75, 3.05) is 17.7 Å². The number of benzene rings is 1. The smallest absolute Gasteiger partial charge is 0.0599 e. The molecule has 2 atom stereocenters. The van der Waals surface area contributed by atoms with Crippen LogP contribution in [-0.2, 0) is 0 Å². The van der Waals surface area contributed by atoms with Crippen LogP contribution in [0, 0.1) is 5.92 Å². The van der Waals surface area contributed by atoms with Gasteiger partial charge in [-0.2, -0.15) is 0 Å². The molecule has 2 N–H and O–H groups in total. The van der Waals surface area contributed by atoms with E-state index in [9.17, 15) is 0 Å². The van der Waals surface area contributed by atoms with E-state index in [1.807, 2.05) is 12.1 Å². The Kier molecular flexibility index (Phi) is 3.93. The molecule has 1 aliphatic carbocycles. The summed E-state index contributed by atoms with van der Waals surface area (Å²) in [5.74, 6) is 0.827. The Balaban J connectivity index is 2.18. The average molecular weight is 232 g/mol. The van der Waals surface area contributed by atoms with Crippen molar-refractivity contribution >= 4 is 11.4 Å². The third-order valence-corrected chi connectivity index (χ3v) is 4.21. The molecule has 1 aliphatic rings. The first kappa shape index (κ1) is 12.3. The second kappa shape index (κ2) is 5.44. The predicted molar refractivity (Wildman–Crippen MR) is 75.3 cm³/mol. The lowest BCUT2D eigenvalue weighted by molar-refractivity contribution is 0.292. The molecule has 0 spiro atoms. The normalized spacial score (nSPS) is 24.6. The minimum atomic E-state index is 0.665. The van der Waals surface area contributed by atoms with Crippen LogP contribution in [0.15, 0.2) is 24.3 Å². The zero-order valence-corrected chi connectivity index (χ0v) is 11.0. The first-order chi connectivity index (χ1) is 8.24. The first-order valence-corrected chi connectivity index (χ1v) is 6.81. The van der Waals surface area contributed by atoms with Gasteiger partial charge < -0.3 is 10.6 Å². The molecule has 0 heterocycles. The lowest BCUT2D eigenvalue weighted by Gasteiger charge is -2.39. The van der Waals surface area contributed by atoms with Gasteiger partial charge in [-0.1, -0.05) is 38.3 Å². The second-order valence-electron chi connectivity index (χ2n) is 5.19. The van der Waals surface area contributed by atoms with Gasteiger partial charge in [0.15, 0.2) is 0 Å². The molecule has 0 bridgehead atoms. The van der Waals surface area contributed by atoms with Crippen LogP contribution >= 0.6 is 0 Å². The maximum Gasteiger partial charge on any atom is 0.0599 e. The van der Waals surface area contributed by atoms with E-state index in [0.717, 1.165) is 11.6 Å². The predicted octanol–water partition coefficient (Wildman–Crippen LogP) is 3.67. The maximum atomic E-state index is 6.07. The fourth-order valence-corrected chi connectivity index (χ4v) is 3.16. The van der Waals surface area contributed by atoms with Crippen LogP contribution < -0.4 is 10.6 Å². The Morgan fingerprint density at radius 2 is 1.94 bits per heavy atom. The summed E-state index contributed by atoms with van der Waals surface area (Å²) in [6.45, 7) is 2.31. The van der Waals surface area contributed by atoms with Gasteiger partial charge in [-0.05, 0) is 30.9 Å². The molecule has 2 heteroatoms. The van der Waals surface area contributed by atoms with Gasteiger partial charge in [0, 0.05) is 13.1 Å². The summed E-state index contributed by atoms with van der Waals surface area (Å²) >= 11 is 0. The van der Waals surface area contributed by atoms with E-state index < -0.39 is 0 Å². The first-order valence-electron chi connectivity index (χ1n) is 6.81. The maximum absolute atomic E-state index is 6.07. The van der Waals surface area contributed by atoms with Crippen LogP contribution in [0.1, 0.15) is 39.0 Å². The van der Waals surface area contributed by atoms with Crippen molar-refractivity contribution < 1.29 is 0 Å².